The van der Waals surface area contributed by atoms with Crippen molar-refractivity contribution in [3.63, 3.8) is 0 Å². The van der Waals surface area contributed by atoms with Gasteiger partial charge in [-0.25, -0.2) is 0 Å². The van der Waals surface area contributed by atoms with Gasteiger partial charge in [-0.2, -0.15) is 0 Å². The van der Waals surface area contributed by atoms with E-state index >= 15 is 0 Å². The molecule has 3 rings (SSSR count). The Bertz CT molecular complexity index is 766. The second-order valence-electron chi connectivity index (χ2n) is 6.82. The highest BCUT2D eigenvalue weighted by Crippen LogP contribution is 2.34. The maximum Gasteiger partial charge on any atom is 0.266 e. The van der Waals surface area contributed by atoms with Crippen molar-refractivity contribution in [3.8, 4) is 0 Å². The molecule has 142 valence electrons. The number of hydrogen-bond acceptors (Lipinski definition) is 4. The molecular formula is C22H25NO3S. The Hall–Kier alpha value is -2.24. The predicted molar refractivity (Wildman–Crippen MR) is 109 cm³/mol. The first kappa shape index (κ1) is 19.5. The molecular weight excluding hydrogens is 358 g/mol. The summed E-state index contributed by atoms with van der Waals surface area (Å²) < 4.78 is 5.55. The molecule has 4 nitrogen and oxygen atoms in total. The van der Waals surface area contributed by atoms with Crippen LogP contribution in [0.25, 0.3) is 0 Å². The highest BCUT2D eigenvalue weighted by atomic mass is 32.1. The number of amides is 1. The minimum atomic E-state index is -0.870. The molecule has 0 bridgehead atoms. The van der Waals surface area contributed by atoms with E-state index in [-0.39, 0.29) is 17.1 Å². The molecule has 5 heteroatoms. The second-order valence-corrected chi connectivity index (χ2v) is 7.17. The van der Waals surface area contributed by atoms with E-state index in [1.807, 2.05) is 60.7 Å². The van der Waals surface area contributed by atoms with Crippen LogP contribution in [0.1, 0.15) is 49.5 Å². The maximum absolute atomic E-state index is 13.5. The molecule has 1 fully saturated rings. The molecule has 1 aliphatic heterocycles. The van der Waals surface area contributed by atoms with E-state index in [0.717, 1.165) is 24.0 Å². The molecule has 0 unspecified atom stereocenters. The van der Waals surface area contributed by atoms with E-state index in [9.17, 15) is 9.90 Å². The minimum absolute atomic E-state index is 0.170. The highest BCUT2D eigenvalue weighted by Gasteiger charge is 2.41. The van der Waals surface area contributed by atoms with Gasteiger partial charge in [0.1, 0.15) is 6.61 Å². The van der Waals surface area contributed by atoms with Crippen molar-refractivity contribution in [2.45, 2.75) is 38.3 Å². The number of aliphatic hydroxyl groups excluding tert-OH is 1. The van der Waals surface area contributed by atoms with Crippen LogP contribution in [0.2, 0.25) is 0 Å². The summed E-state index contributed by atoms with van der Waals surface area (Å²) in [5.41, 5.74) is 1.73. The number of thiocarbonyl (C=S) groups is 1. The van der Waals surface area contributed by atoms with E-state index < -0.39 is 12.0 Å². The van der Waals surface area contributed by atoms with Crippen molar-refractivity contribution in [1.82, 2.24) is 4.90 Å². The van der Waals surface area contributed by atoms with Crippen LogP contribution in [0.5, 0.6) is 0 Å². The van der Waals surface area contributed by atoms with E-state index in [0.29, 0.717) is 13.0 Å². The summed E-state index contributed by atoms with van der Waals surface area (Å²) in [7, 11) is 0. The van der Waals surface area contributed by atoms with Crippen molar-refractivity contribution in [3.05, 3.63) is 71.8 Å². The molecule has 0 aliphatic carbocycles. The van der Waals surface area contributed by atoms with Gasteiger partial charge in [-0.1, -0.05) is 80.4 Å². The first-order valence-electron chi connectivity index (χ1n) is 9.41. The lowest BCUT2D eigenvalue weighted by atomic mass is 9.89. The van der Waals surface area contributed by atoms with Crippen molar-refractivity contribution in [1.29, 1.82) is 0 Å². The smallest absolute Gasteiger partial charge is 0.266 e. The fraction of sp³-hybridized carbons (Fsp3) is 0.364. The molecule has 1 N–H and O–H groups in total. The summed E-state index contributed by atoms with van der Waals surface area (Å²) >= 11 is 5.33. The Labute approximate surface area is 165 Å². The van der Waals surface area contributed by atoms with Gasteiger partial charge >= 0.3 is 0 Å². The maximum atomic E-state index is 13.5. The molecule has 1 saturated heterocycles. The molecule has 2 aromatic carbocycles. The third kappa shape index (κ3) is 4.37. The van der Waals surface area contributed by atoms with Crippen LogP contribution in [0.15, 0.2) is 60.7 Å². The molecule has 1 heterocycles. The molecule has 1 amide bonds. The van der Waals surface area contributed by atoms with Crippen molar-refractivity contribution >= 4 is 23.3 Å². The van der Waals surface area contributed by atoms with Crippen molar-refractivity contribution in [2.24, 2.45) is 5.92 Å². The fourth-order valence-corrected chi connectivity index (χ4v) is 3.77. The fourth-order valence-electron chi connectivity index (χ4n) is 3.49. The first-order valence-corrected chi connectivity index (χ1v) is 9.82. The standard InChI is InChI=1S/C22H25NO3S/c1-2-3-14-18(20(24)17-12-8-5-9-13-17)21(25)23-19(15-26-22(23)27)16-10-6-4-7-11-16/h4-13,18-20,24H,2-3,14-15H2,1H3/t18-,19+,20+/m0/s1. The van der Waals surface area contributed by atoms with Gasteiger partial charge in [0.15, 0.2) is 0 Å². The quantitative estimate of drug-likeness (QED) is 0.720. The molecule has 0 spiro atoms. The Kier molecular flexibility index (Phi) is 6.58. The Morgan fingerprint density at radius 2 is 1.81 bits per heavy atom. The van der Waals surface area contributed by atoms with Crippen LogP contribution in [0, 0.1) is 5.92 Å². The van der Waals surface area contributed by atoms with Gasteiger partial charge < -0.3 is 9.84 Å². The average Bonchev–Trinajstić information content (AvgIpc) is 3.10. The second kappa shape index (κ2) is 9.11. The van der Waals surface area contributed by atoms with E-state index in [1.54, 1.807) is 4.90 Å². The van der Waals surface area contributed by atoms with Crippen LogP contribution in [-0.4, -0.2) is 27.7 Å². The van der Waals surface area contributed by atoms with Crippen molar-refractivity contribution < 1.29 is 14.6 Å². The van der Waals surface area contributed by atoms with E-state index in [1.165, 1.54) is 0 Å². The minimum Gasteiger partial charge on any atom is -0.468 e. The number of benzene rings is 2. The molecule has 0 saturated carbocycles. The van der Waals surface area contributed by atoms with Crippen molar-refractivity contribution in [2.75, 3.05) is 6.61 Å². The van der Waals surface area contributed by atoms with Gasteiger partial charge in [-0.05, 0) is 29.8 Å². The average molecular weight is 384 g/mol. The van der Waals surface area contributed by atoms with Gasteiger partial charge in [-0.15, -0.1) is 0 Å². The van der Waals surface area contributed by atoms with Crippen LogP contribution in [0.4, 0.5) is 0 Å². The Morgan fingerprint density at radius 3 is 2.44 bits per heavy atom. The summed E-state index contributed by atoms with van der Waals surface area (Å²) in [6.45, 7) is 2.42. The number of nitrogens with zero attached hydrogens (tertiary/aromatic N) is 1. The summed E-state index contributed by atoms with van der Waals surface area (Å²) in [6.07, 6.45) is 1.54. The third-order valence-corrected chi connectivity index (χ3v) is 5.32. The molecule has 2 aromatic rings. The molecule has 0 aromatic heterocycles. The lowest BCUT2D eigenvalue weighted by Crippen LogP contribution is -2.40. The van der Waals surface area contributed by atoms with Gasteiger partial charge in [0, 0.05) is 0 Å². The number of hydrogen-bond donors (Lipinski definition) is 1. The molecule has 27 heavy (non-hydrogen) atoms. The Balaban J connectivity index is 1.88. The summed E-state index contributed by atoms with van der Waals surface area (Å²) in [5, 5.41) is 11.1. The zero-order valence-corrected chi connectivity index (χ0v) is 16.3. The normalized spacial score (nSPS) is 18.8. The van der Waals surface area contributed by atoms with Gasteiger partial charge in [0.05, 0.1) is 18.1 Å². The van der Waals surface area contributed by atoms with Crippen LogP contribution in [0.3, 0.4) is 0 Å². The highest BCUT2D eigenvalue weighted by molar-refractivity contribution is 7.80. The van der Waals surface area contributed by atoms with E-state index in [2.05, 4.69) is 6.92 Å². The number of rotatable bonds is 7. The lowest BCUT2D eigenvalue weighted by Gasteiger charge is -2.29. The monoisotopic (exact) mass is 383 g/mol. The molecule has 1 aliphatic rings. The topological polar surface area (TPSA) is 49.8 Å². The van der Waals surface area contributed by atoms with Crippen LogP contribution >= 0.6 is 12.2 Å². The van der Waals surface area contributed by atoms with Crippen LogP contribution < -0.4 is 0 Å². The van der Waals surface area contributed by atoms with E-state index in [4.69, 9.17) is 17.0 Å². The molecule has 0 radical (unpaired) electrons. The van der Waals surface area contributed by atoms with Crippen LogP contribution in [-0.2, 0) is 9.53 Å². The first-order chi connectivity index (χ1) is 13.1. The number of carbonyl (C=O) groups excluding carboxylic acids is 1. The SMILES string of the molecule is CCCC[C@H](C(=O)N1C(=S)OC[C@@H]1c1ccccc1)[C@H](O)c1ccccc1. The van der Waals surface area contributed by atoms with Gasteiger partial charge in [0.2, 0.25) is 5.91 Å². The zero-order chi connectivity index (χ0) is 19.2. The van der Waals surface area contributed by atoms with Gasteiger partial charge in [0.25, 0.3) is 5.17 Å². The summed E-state index contributed by atoms with van der Waals surface area (Å²) in [6, 6.07) is 18.8. The van der Waals surface area contributed by atoms with Gasteiger partial charge in [-0.3, -0.25) is 9.69 Å². The Morgan fingerprint density at radius 1 is 1.19 bits per heavy atom. The predicted octanol–water partition coefficient (Wildman–Crippen LogP) is 4.41. The number of aliphatic hydroxyl groups is 1. The number of ether oxygens (including phenoxy) is 1. The summed E-state index contributed by atoms with van der Waals surface area (Å²) in [5.74, 6) is -0.727. The molecule has 3 atom stereocenters. The number of unbranched alkanes of at least 4 members (excludes halogenated alkanes) is 1. The number of carbonyl (C=O) groups is 1. The lowest BCUT2D eigenvalue weighted by molar-refractivity contribution is -0.137. The summed E-state index contributed by atoms with van der Waals surface area (Å²) in [4.78, 5) is 15.0. The zero-order valence-electron chi connectivity index (χ0n) is 15.5. The largest absolute Gasteiger partial charge is 0.468 e. The third-order valence-electron chi connectivity index (χ3n) is 5.00.